The van der Waals surface area contributed by atoms with Crippen molar-refractivity contribution in [3.05, 3.63) is 23.8 Å². The van der Waals surface area contributed by atoms with E-state index in [1.165, 1.54) is 4.90 Å². The molecule has 1 aromatic carbocycles. The number of imide groups is 1. The molecule has 2 saturated carbocycles. The van der Waals surface area contributed by atoms with Crippen LogP contribution < -0.4 is 9.47 Å². The van der Waals surface area contributed by atoms with Crippen molar-refractivity contribution in [2.45, 2.75) is 68.7 Å². The largest absolute Gasteiger partial charge is 0.454 e. The highest BCUT2D eigenvalue weighted by Gasteiger charge is 2.59. The molecule has 3 aliphatic heterocycles. The third-order valence-electron chi connectivity index (χ3n) is 8.77. The van der Waals surface area contributed by atoms with Crippen molar-refractivity contribution in [3.63, 3.8) is 0 Å². The average Bonchev–Trinajstić information content (AvgIpc) is 3.51. The molecule has 4 fully saturated rings. The molecule has 218 valence electrons. The Morgan fingerprint density at radius 2 is 1.68 bits per heavy atom. The van der Waals surface area contributed by atoms with Gasteiger partial charge in [-0.2, -0.15) is 0 Å². The van der Waals surface area contributed by atoms with Crippen LogP contribution in [0.1, 0.15) is 24.8 Å². The maximum atomic E-state index is 13.6. The van der Waals surface area contributed by atoms with Crippen LogP contribution in [0, 0.1) is 23.7 Å². The monoisotopic (exact) mass is 564 g/mol. The fourth-order valence-corrected chi connectivity index (χ4v) is 6.69. The highest BCUT2D eigenvalue weighted by Crippen LogP contribution is 2.50. The lowest BCUT2D eigenvalue weighted by Gasteiger charge is -2.45. The van der Waals surface area contributed by atoms with Crippen LogP contribution >= 0.6 is 0 Å². The Labute approximate surface area is 228 Å². The number of hydrogen-bond acceptors (Lipinski definition) is 13. The van der Waals surface area contributed by atoms with E-state index in [0.717, 1.165) is 0 Å². The Bertz CT molecular complexity index is 1190. The van der Waals surface area contributed by atoms with E-state index >= 15 is 0 Å². The lowest BCUT2D eigenvalue weighted by Crippen LogP contribution is -2.59. The fraction of sp³-hybridized carbons (Fsp3) is 0.654. The Kier molecular flexibility index (Phi) is 7.19. The molecular formula is C26H32N2O12. The molecule has 2 saturated heterocycles. The molecule has 5 aliphatic rings. The first kappa shape index (κ1) is 27.3. The van der Waals surface area contributed by atoms with Crippen LogP contribution in [0.25, 0.3) is 0 Å². The molecule has 6 N–H and O–H groups in total. The van der Waals surface area contributed by atoms with Crippen molar-refractivity contribution in [1.82, 2.24) is 4.90 Å². The molecule has 3 heterocycles. The molecule has 6 rings (SSSR count). The lowest BCUT2D eigenvalue weighted by molar-refractivity contribution is -0.301. The second kappa shape index (κ2) is 10.5. The number of carbonyl (C=O) groups is 2. The Balaban J connectivity index is 1.22. The van der Waals surface area contributed by atoms with E-state index in [1.54, 1.807) is 18.2 Å². The number of aliphatic hydroxyl groups is 6. The smallest absolute Gasteiger partial charge is 0.256 e. The summed E-state index contributed by atoms with van der Waals surface area (Å²) in [7, 11) is 0. The summed E-state index contributed by atoms with van der Waals surface area (Å²) < 4.78 is 16.0. The predicted molar refractivity (Wildman–Crippen MR) is 130 cm³/mol. The molecule has 0 spiro atoms. The number of benzene rings is 1. The third kappa shape index (κ3) is 4.43. The maximum absolute atomic E-state index is 13.6. The quantitative estimate of drug-likeness (QED) is 0.167. The highest BCUT2D eigenvalue weighted by atomic mass is 16.8. The van der Waals surface area contributed by atoms with Gasteiger partial charge in [0.25, 0.3) is 6.29 Å². The van der Waals surface area contributed by atoms with Crippen LogP contribution in [-0.4, -0.2) is 109 Å². The zero-order valence-electron chi connectivity index (χ0n) is 21.4. The van der Waals surface area contributed by atoms with E-state index in [4.69, 9.17) is 19.0 Å². The van der Waals surface area contributed by atoms with Gasteiger partial charge in [0, 0.05) is 18.3 Å². The summed E-state index contributed by atoms with van der Waals surface area (Å²) in [5, 5.41) is 65.4. The minimum atomic E-state index is -1.67. The van der Waals surface area contributed by atoms with Crippen LogP contribution in [0.15, 0.2) is 23.4 Å². The lowest BCUT2D eigenvalue weighted by atomic mass is 9.60. The number of likely N-dealkylation sites (tertiary alicyclic amines) is 1. The molecule has 0 bridgehead atoms. The van der Waals surface area contributed by atoms with Crippen molar-refractivity contribution in [1.29, 1.82) is 0 Å². The van der Waals surface area contributed by atoms with Crippen molar-refractivity contribution in [2.75, 3.05) is 13.4 Å². The maximum Gasteiger partial charge on any atom is 0.256 e. The summed E-state index contributed by atoms with van der Waals surface area (Å²) in [5.41, 5.74) is 0.994. The molecule has 40 heavy (non-hydrogen) atoms. The van der Waals surface area contributed by atoms with Gasteiger partial charge in [-0.25, -0.2) is 0 Å². The van der Waals surface area contributed by atoms with E-state index in [1.807, 2.05) is 0 Å². The first-order valence-corrected chi connectivity index (χ1v) is 13.3. The van der Waals surface area contributed by atoms with Crippen molar-refractivity contribution in [3.8, 4) is 11.5 Å². The van der Waals surface area contributed by atoms with E-state index in [2.05, 4.69) is 5.16 Å². The van der Waals surface area contributed by atoms with E-state index in [9.17, 15) is 40.2 Å². The van der Waals surface area contributed by atoms with Crippen molar-refractivity contribution in [2.24, 2.45) is 28.8 Å². The molecule has 1 aromatic rings. The number of ether oxygens (including phenoxy) is 3. The van der Waals surface area contributed by atoms with Gasteiger partial charge in [-0.05, 0) is 30.5 Å². The number of nitrogens with zero attached hydrogens (tertiary/aromatic N) is 2. The van der Waals surface area contributed by atoms with Gasteiger partial charge in [0.05, 0.1) is 42.9 Å². The predicted octanol–water partition coefficient (Wildman–Crippen LogP) is -2.16. The molecule has 2 amide bonds. The second-order valence-corrected chi connectivity index (χ2v) is 11.0. The molecule has 14 heteroatoms. The number of aliphatic hydroxyl groups excluding tert-OH is 6. The van der Waals surface area contributed by atoms with Gasteiger partial charge in [0.2, 0.25) is 18.6 Å². The summed E-state index contributed by atoms with van der Waals surface area (Å²) in [5.74, 6) is -2.52. The average molecular weight is 565 g/mol. The fourth-order valence-electron chi connectivity index (χ4n) is 6.69. The number of carbonyl (C=O) groups excluding carboxylic acids is 2. The summed E-state index contributed by atoms with van der Waals surface area (Å²) in [6.07, 6.45) is -9.52. The molecule has 0 aromatic heterocycles. The number of hydrogen-bond donors (Lipinski definition) is 6. The first-order chi connectivity index (χ1) is 19.2. The molecule has 11 atom stereocenters. The van der Waals surface area contributed by atoms with Gasteiger partial charge in [-0.3, -0.25) is 14.5 Å². The Morgan fingerprint density at radius 3 is 2.45 bits per heavy atom. The zero-order valence-corrected chi connectivity index (χ0v) is 21.4. The van der Waals surface area contributed by atoms with Gasteiger partial charge >= 0.3 is 0 Å². The normalized spacial score (nSPS) is 41.7. The molecule has 2 aliphatic carbocycles. The molecule has 0 unspecified atom stereocenters. The minimum Gasteiger partial charge on any atom is -0.454 e. The number of fused-ring (bicyclic) bond motifs is 4. The van der Waals surface area contributed by atoms with Gasteiger partial charge < -0.3 is 49.7 Å². The molecular weight excluding hydrogens is 532 g/mol. The van der Waals surface area contributed by atoms with Crippen molar-refractivity contribution >= 4 is 17.5 Å². The number of oxime groups is 1. The van der Waals surface area contributed by atoms with Crippen LogP contribution in [0.3, 0.4) is 0 Å². The van der Waals surface area contributed by atoms with Crippen LogP contribution in [0.2, 0.25) is 0 Å². The van der Waals surface area contributed by atoms with Gasteiger partial charge in [0.15, 0.2) is 11.5 Å². The minimum absolute atomic E-state index is 0.0263. The first-order valence-electron chi connectivity index (χ1n) is 13.3. The van der Waals surface area contributed by atoms with E-state index in [-0.39, 0.29) is 25.7 Å². The Hall–Kier alpha value is -2.85. The van der Waals surface area contributed by atoms with Crippen LogP contribution in [0.5, 0.6) is 11.5 Å². The summed E-state index contributed by atoms with van der Waals surface area (Å²) in [6, 6.07) is 5.18. The number of amides is 2. The molecule has 14 nitrogen and oxygen atoms in total. The van der Waals surface area contributed by atoms with Gasteiger partial charge in [0.1, 0.15) is 24.4 Å². The van der Waals surface area contributed by atoms with Crippen LogP contribution in [0.4, 0.5) is 0 Å². The second-order valence-electron chi connectivity index (χ2n) is 11.0. The highest BCUT2D eigenvalue weighted by molar-refractivity contribution is 6.06. The van der Waals surface area contributed by atoms with Gasteiger partial charge in [-0.1, -0.05) is 11.2 Å². The summed E-state index contributed by atoms with van der Waals surface area (Å²) in [6.45, 7) is -0.519. The summed E-state index contributed by atoms with van der Waals surface area (Å²) >= 11 is 0. The third-order valence-corrected chi connectivity index (χ3v) is 8.77. The zero-order chi connectivity index (χ0) is 28.3. The van der Waals surface area contributed by atoms with Crippen molar-refractivity contribution < 1.29 is 59.3 Å². The topological polar surface area (TPSA) is 208 Å². The van der Waals surface area contributed by atoms with Crippen LogP contribution in [-0.2, 0) is 25.7 Å². The van der Waals surface area contributed by atoms with E-state index in [0.29, 0.717) is 35.6 Å². The molecule has 0 radical (unpaired) electrons. The SMILES string of the molecule is O=C1[C@H]2[C@H]3[C@H](O)[C@H](O)C/C(=N\O[C@@H]4O[C@H](CO)[C@@H](O)[C@H](O)[C@H]4O)[C@H]3CC[C@H]2C(=O)N1Cc1ccc2c(c1)OCO2. The standard InChI is InChI=1S/C26H32N2O12/c29-8-17-21(32)22(33)23(34)26(39-17)40-27-13-6-14(30)20(31)18-11(13)2-3-12-19(18)25(36)28(24(12)35)7-10-1-4-15-16(5-10)38-9-37-15/h1,4-5,11-12,14,17-23,26,29-34H,2-3,6-9H2/b27-13+/t11-,12-,14-,17-,18+,19-,20-,21-,22+,23-,26+/m1/s1. The Morgan fingerprint density at radius 1 is 0.925 bits per heavy atom. The summed E-state index contributed by atoms with van der Waals surface area (Å²) in [4.78, 5) is 33.6. The number of rotatable bonds is 5. The van der Waals surface area contributed by atoms with E-state index < -0.39 is 79.1 Å². The van der Waals surface area contributed by atoms with Gasteiger partial charge in [-0.15, -0.1) is 0 Å².